The summed E-state index contributed by atoms with van der Waals surface area (Å²) in [6, 6.07) is 10.1. The Bertz CT molecular complexity index is 264. The molecule has 1 amide bonds. The number of amides is 1. The molecule has 1 rings (SSSR count). The topological polar surface area (TPSA) is 52.3 Å². The maximum absolute atomic E-state index is 10.2. The van der Waals surface area contributed by atoms with Crippen LogP contribution in [0.15, 0.2) is 30.3 Å². The molecule has 3 nitrogen and oxygen atoms in total. The first kappa shape index (κ1) is 10.1. The quantitative estimate of drug-likeness (QED) is 0.620. The van der Waals surface area contributed by atoms with Gasteiger partial charge in [-0.25, -0.2) is 0 Å². The third-order valence-electron chi connectivity index (χ3n) is 1.34. The molecule has 0 aliphatic rings. The molecule has 0 heterocycles. The van der Waals surface area contributed by atoms with Gasteiger partial charge in [0.2, 0.25) is 0 Å². The van der Waals surface area contributed by atoms with Crippen molar-refractivity contribution in [3.63, 3.8) is 0 Å². The van der Waals surface area contributed by atoms with Gasteiger partial charge in [0.15, 0.2) is 0 Å². The molecule has 1 aromatic rings. The van der Waals surface area contributed by atoms with Crippen LogP contribution in [0.2, 0.25) is 5.32 Å². The van der Waals surface area contributed by atoms with Gasteiger partial charge >= 0.3 is 83.0 Å². The summed E-state index contributed by atoms with van der Waals surface area (Å²) >= 11 is 0.372. The summed E-state index contributed by atoms with van der Waals surface area (Å²) in [5.41, 5.74) is 4.82. The van der Waals surface area contributed by atoms with E-state index in [1.807, 2.05) is 18.2 Å². The van der Waals surface area contributed by atoms with Crippen LogP contribution in [0.1, 0.15) is 0 Å². The Morgan fingerprint density at radius 2 is 2.08 bits per heavy atom. The third kappa shape index (κ3) is 4.55. The number of carbonyl (C=O) groups excluding carboxylic acids is 1. The average molecular weight is 244 g/mol. The fourth-order valence-corrected chi connectivity index (χ4v) is 2.40. The zero-order valence-corrected chi connectivity index (χ0v) is 8.82. The summed E-state index contributed by atoms with van der Waals surface area (Å²) in [4.78, 5) is 10.2. The molecular formula is C9H11NO2Se. The van der Waals surface area contributed by atoms with Crippen molar-refractivity contribution in [3.05, 3.63) is 30.3 Å². The van der Waals surface area contributed by atoms with Crippen LogP contribution in [-0.2, 0) is 4.74 Å². The van der Waals surface area contributed by atoms with Crippen LogP contribution in [0, 0.1) is 0 Å². The number of hydrogen-bond acceptors (Lipinski definition) is 2. The van der Waals surface area contributed by atoms with Crippen molar-refractivity contribution in [1.82, 2.24) is 0 Å². The first-order chi connectivity index (χ1) is 6.29. The van der Waals surface area contributed by atoms with E-state index in [0.29, 0.717) is 21.6 Å². The second-order valence-electron chi connectivity index (χ2n) is 2.33. The zero-order valence-electron chi connectivity index (χ0n) is 7.10. The monoisotopic (exact) mass is 245 g/mol. The van der Waals surface area contributed by atoms with E-state index in [1.165, 1.54) is 4.46 Å². The molecule has 0 atom stereocenters. The predicted molar refractivity (Wildman–Crippen MR) is 52.2 cm³/mol. The molecule has 0 saturated heterocycles. The summed E-state index contributed by atoms with van der Waals surface area (Å²) in [5.74, 6) is 0. The van der Waals surface area contributed by atoms with Crippen molar-refractivity contribution in [3.8, 4) is 0 Å². The molecule has 0 aliphatic heterocycles. The first-order valence-electron chi connectivity index (χ1n) is 3.89. The molecule has 0 aliphatic carbocycles. The Morgan fingerprint density at radius 3 is 2.69 bits per heavy atom. The van der Waals surface area contributed by atoms with Crippen molar-refractivity contribution in [2.75, 3.05) is 6.61 Å². The second kappa shape index (κ2) is 5.62. The molecule has 0 fully saturated rings. The molecule has 0 bridgehead atoms. The summed E-state index contributed by atoms with van der Waals surface area (Å²) in [6.07, 6.45) is -0.691. The van der Waals surface area contributed by atoms with Gasteiger partial charge in [0, 0.05) is 0 Å². The Morgan fingerprint density at radius 1 is 1.38 bits per heavy atom. The van der Waals surface area contributed by atoms with Crippen LogP contribution in [0.25, 0.3) is 0 Å². The van der Waals surface area contributed by atoms with E-state index >= 15 is 0 Å². The summed E-state index contributed by atoms with van der Waals surface area (Å²) < 4.78 is 5.93. The van der Waals surface area contributed by atoms with E-state index in [4.69, 9.17) is 5.73 Å². The molecule has 0 unspecified atom stereocenters. The van der Waals surface area contributed by atoms with Crippen LogP contribution in [-0.4, -0.2) is 27.7 Å². The number of nitrogens with two attached hydrogens (primary N) is 1. The van der Waals surface area contributed by atoms with Gasteiger partial charge in [-0.2, -0.15) is 0 Å². The molecule has 4 heteroatoms. The normalized spacial score (nSPS) is 9.54. The number of ether oxygens (including phenoxy) is 1. The molecule has 0 aromatic heterocycles. The van der Waals surface area contributed by atoms with Gasteiger partial charge in [-0.05, 0) is 0 Å². The van der Waals surface area contributed by atoms with Gasteiger partial charge in [0.25, 0.3) is 0 Å². The fourth-order valence-electron chi connectivity index (χ4n) is 0.818. The molecule has 0 radical (unpaired) electrons. The molecule has 0 spiro atoms. The third-order valence-corrected chi connectivity index (χ3v) is 3.39. The Hall–Kier alpha value is -0.991. The molecule has 1 aromatic carbocycles. The minimum absolute atomic E-state index is 0.372. The minimum atomic E-state index is -0.691. The molecule has 13 heavy (non-hydrogen) atoms. The number of rotatable bonds is 4. The van der Waals surface area contributed by atoms with Crippen LogP contribution < -0.4 is 10.2 Å². The Balaban J connectivity index is 2.17. The molecule has 0 saturated carbocycles. The Kier molecular flexibility index (Phi) is 4.36. The van der Waals surface area contributed by atoms with E-state index in [0.717, 1.165) is 5.32 Å². The van der Waals surface area contributed by atoms with Crippen LogP contribution >= 0.6 is 0 Å². The SMILES string of the molecule is NC(=O)OCC[Se]c1ccccc1. The molecule has 70 valence electrons. The van der Waals surface area contributed by atoms with Gasteiger partial charge in [-0.15, -0.1) is 0 Å². The van der Waals surface area contributed by atoms with Crippen molar-refractivity contribution >= 4 is 25.5 Å². The summed E-state index contributed by atoms with van der Waals surface area (Å²) in [6.45, 7) is 0.421. The zero-order chi connectivity index (χ0) is 9.52. The molecular weight excluding hydrogens is 233 g/mol. The van der Waals surface area contributed by atoms with Gasteiger partial charge in [-0.1, -0.05) is 0 Å². The van der Waals surface area contributed by atoms with Crippen LogP contribution in [0.3, 0.4) is 0 Å². The van der Waals surface area contributed by atoms with Crippen molar-refractivity contribution in [2.24, 2.45) is 5.73 Å². The maximum atomic E-state index is 10.2. The number of benzene rings is 1. The average Bonchev–Trinajstić information content (AvgIpc) is 2.14. The number of hydrogen-bond donors (Lipinski definition) is 1. The van der Waals surface area contributed by atoms with Crippen LogP contribution in [0.4, 0.5) is 4.79 Å². The van der Waals surface area contributed by atoms with E-state index in [9.17, 15) is 4.79 Å². The van der Waals surface area contributed by atoms with Crippen LogP contribution in [0.5, 0.6) is 0 Å². The predicted octanol–water partition coefficient (Wildman–Crippen LogP) is 0.530. The van der Waals surface area contributed by atoms with Gasteiger partial charge in [0.05, 0.1) is 0 Å². The number of carbonyl (C=O) groups is 1. The van der Waals surface area contributed by atoms with Crippen molar-refractivity contribution in [2.45, 2.75) is 5.32 Å². The number of primary amides is 1. The van der Waals surface area contributed by atoms with Gasteiger partial charge < -0.3 is 0 Å². The van der Waals surface area contributed by atoms with E-state index < -0.39 is 6.09 Å². The van der Waals surface area contributed by atoms with Crippen molar-refractivity contribution < 1.29 is 9.53 Å². The van der Waals surface area contributed by atoms with E-state index in [-0.39, 0.29) is 0 Å². The Labute approximate surface area is 83.4 Å². The second-order valence-corrected chi connectivity index (χ2v) is 4.78. The van der Waals surface area contributed by atoms with Gasteiger partial charge in [-0.3, -0.25) is 0 Å². The van der Waals surface area contributed by atoms with E-state index in [1.54, 1.807) is 0 Å². The first-order valence-corrected chi connectivity index (χ1v) is 5.96. The molecule has 2 N–H and O–H groups in total. The van der Waals surface area contributed by atoms with Gasteiger partial charge in [0.1, 0.15) is 0 Å². The van der Waals surface area contributed by atoms with Crippen molar-refractivity contribution in [1.29, 1.82) is 0 Å². The standard InChI is InChI=1S/C9H11NO2Se/c10-9(11)12-6-7-13-8-4-2-1-3-5-8/h1-5H,6-7H2,(H2,10,11). The summed E-state index contributed by atoms with van der Waals surface area (Å²) in [5, 5.41) is 0.875. The summed E-state index contributed by atoms with van der Waals surface area (Å²) in [7, 11) is 0. The fraction of sp³-hybridized carbons (Fsp3) is 0.222. The van der Waals surface area contributed by atoms with E-state index in [2.05, 4.69) is 16.9 Å².